The molecule has 0 fully saturated rings. The summed E-state index contributed by atoms with van der Waals surface area (Å²) in [4.78, 5) is 4.11. The van der Waals surface area contributed by atoms with Crippen LogP contribution in [0.5, 0.6) is 0 Å². The second kappa shape index (κ2) is 8.43. The van der Waals surface area contributed by atoms with Crippen molar-refractivity contribution in [2.75, 3.05) is 6.54 Å². The van der Waals surface area contributed by atoms with Gasteiger partial charge < -0.3 is 5.32 Å². The van der Waals surface area contributed by atoms with Crippen molar-refractivity contribution in [2.45, 2.75) is 57.9 Å². The molecule has 0 bridgehead atoms. The van der Waals surface area contributed by atoms with Gasteiger partial charge in [0.2, 0.25) is 0 Å². The number of allylic oxidation sites excluding steroid dienone is 1. The van der Waals surface area contributed by atoms with Crippen molar-refractivity contribution in [3.8, 4) is 0 Å². The monoisotopic (exact) mass is 292 g/mol. The lowest BCUT2D eigenvalue weighted by Crippen LogP contribution is -2.24. The summed E-state index contributed by atoms with van der Waals surface area (Å²) in [5, 5.41) is 4.43. The number of nitrogens with zero attached hydrogens (tertiary/aromatic N) is 1. The Kier molecular flexibility index (Phi) is 6.55. The van der Waals surface area contributed by atoms with E-state index in [0.717, 1.165) is 18.0 Å². The fourth-order valence-electron chi connectivity index (χ4n) is 2.83. The maximum Gasteiger partial charge on any atom is 0.0640 e. The molecule has 1 heterocycles. The molecule has 110 valence electrons. The lowest BCUT2D eigenvalue weighted by atomic mass is 9.91. The first-order chi connectivity index (χ1) is 9.83. The minimum absolute atomic E-state index is 0.253. The van der Waals surface area contributed by atoms with E-state index in [0.29, 0.717) is 0 Å². The molecule has 0 aliphatic heterocycles. The molecule has 0 spiro atoms. The van der Waals surface area contributed by atoms with Crippen molar-refractivity contribution < 1.29 is 0 Å². The smallest absolute Gasteiger partial charge is 0.0640 e. The quantitative estimate of drug-likeness (QED) is 0.768. The minimum atomic E-state index is 0.253. The third-order valence-corrected chi connectivity index (χ3v) is 4.23. The lowest BCUT2D eigenvalue weighted by Gasteiger charge is -2.24. The highest BCUT2D eigenvalue weighted by Crippen LogP contribution is 2.32. The Bertz CT molecular complexity index is 442. The van der Waals surface area contributed by atoms with Crippen molar-refractivity contribution in [2.24, 2.45) is 0 Å². The van der Waals surface area contributed by atoms with Crippen LogP contribution in [0.25, 0.3) is 0 Å². The highest BCUT2D eigenvalue weighted by Gasteiger charge is 2.19. The lowest BCUT2D eigenvalue weighted by molar-refractivity contribution is 0.540. The number of nitrogens with one attached hydrogen (secondary N) is 1. The van der Waals surface area contributed by atoms with Crippen LogP contribution in [0.1, 0.15) is 63.5 Å². The molecule has 1 atom stereocenters. The predicted octanol–water partition coefficient (Wildman–Crippen LogP) is 5.06. The van der Waals surface area contributed by atoms with E-state index in [1.807, 2.05) is 6.20 Å². The second-order valence-electron chi connectivity index (χ2n) is 5.52. The molecular weight excluding hydrogens is 268 g/mol. The van der Waals surface area contributed by atoms with Crippen molar-refractivity contribution in [1.82, 2.24) is 10.3 Å². The van der Waals surface area contributed by atoms with Crippen LogP contribution in [-0.4, -0.2) is 11.5 Å². The first-order valence-electron chi connectivity index (χ1n) is 7.84. The van der Waals surface area contributed by atoms with Crippen LogP contribution in [0.15, 0.2) is 30.1 Å². The molecule has 1 aliphatic rings. The van der Waals surface area contributed by atoms with Gasteiger partial charge in [0.1, 0.15) is 0 Å². The van der Waals surface area contributed by atoms with E-state index in [4.69, 9.17) is 11.6 Å². The van der Waals surface area contributed by atoms with Crippen molar-refractivity contribution in [3.63, 3.8) is 0 Å². The SMILES string of the molecule is CCCNC(/C1=C/CCCCCC1)c1ccncc1Cl. The zero-order chi connectivity index (χ0) is 14.2. The Labute approximate surface area is 127 Å². The number of hydrogen-bond acceptors (Lipinski definition) is 2. The molecule has 0 amide bonds. The van der Waals surface area contributed by atoms with Crippen LogP contribution >= 0.6 is 11.6 Å². The van der Waals surface area contributed by atoms with E-state index in [1.165, 1.54) is 49.7 Å². The molecule has 1 aliphatic carbocycles. The highest BCUT2D eigenvalue weighted by molar-refractivity contribution is 6.31. The molecule has 1 unspecified atom stereocenters. The molecule has 3 heteroatoms. The van der Waals surface area contributed by atoms with E-state index in [9.17, 15) is 0 Å². The molecule has 0 saturated carbocycles. The topological polar surface area (TPSA) is 24.9 Å². The molecule has 0 radical (unpaired) electrons. The predicted molar refractivity (Wildman–Crippen MR) is 86.1 cm³/mol. The molecule has 1 N–H and O–H groups in total. The Balaban J connectivity index is 2.24. The van der Waals surface area contributed by atoms with E-state index < -0.39 is 0 Å². The number of pyridine rings is 1. The Morgan fingerprint density at radius 1 is 1.30 bits per heavy atom. The van der Waals surface area contributed by atoms with Gasteiger partial charge in [-0.15, -0.1) is 0 Å². The van der Waals surface area contributed by atoms with Crippen molar-refractivity contribution >= 4 is 11.6 Å². The van der Waals surface area contributed by atoms with Gasteiger partial charge in [-0.2, -0.15) is 0 Å². The molecule has 2 rings (SSSR count). The summed E-state index contributed by atoms with van der Waals surface area (Å²) in [6, 6.07) is 2.30. The van der Waals surface area contributed by atoms with Gasteiger partial charge in [-0.25, -0.2) is 0 Å². The number of halogens is 1. The first kappa shape index (κ1) is 15.5. The fraction of sp³-hybridized carbons (Fsp3) is 0.588. The molecule has 1 aromatic heterocycles. The molecular formula is C17H25ClN2. The van der Waals surface area contributed by atoms with Gasteiger partial charge >= 0.3 is 0 Å². The molecule has 0 saturated heterocycles. The van der Waals surface area contributed by atoms with Gasteiger partial charge in [-0.3, -0.25) is 4.98 Å². The first-order valence-corrected chi connectivity index (χ1v) is 8.22. The maximum absolute atomic E-state index is 6.36. The van der Waals surface area contributed by atoms with Crippen LogP contribution in [0, 0.1) is 0 Å². The molecule has 2 nitrogen and oxygen atoms in total. The largest absolute Gasteiger partial charge is 0.306 e. The number of aromatic nitrogens is 1. The normalized spacial score (nSPS) is 20.6. The second-order valence-corrected chi connectivity index (χ2v) is 5.92. The van der Waals surface area contributed by atoms with Gasteiger partial charge in [0.25, 0.3) is 0 Å². The van der Waals surface area contributed by atoms with E-state index in [2.05, 4.69) is 29.4 Å². The van der Waals surface area contributed by atoms with Crippen molar-refractivity contribution in [1.29, 1.82) is 0 Å². The summed E-state index contributed by atoms with van der Waals surface area (Å²) in [6.45, 7) is 3.21. The van der Waals surface area contributed by atoms with Gasteiger partial charge in [-0.1, -0.05) is 43.0 Å². The maximum atomic E-state index is 6.36. The summed E-state index contributed by atoms with van der Waals surface area (Å²) in [6.07, 6.45) is 14.9. The summed E-state index contributed by atoms with van der Waals surface area (Å²) in [5.41, 5.74) is 2.67. The Hall–Kier alpha value is -0.860. The summed E-state index contributed by atoms with van der Waals surface area (Å²) in [7, 11) is 0. The third-order valence-electron chi connectivity index (χ3n) is 3.91. The van der Waals surface area contributed by atoms with Crippen LogP contribution in [0.4, 0.5) is 0 Å². The summed E-state index contributed by atoms with van der Waals surface area (Å²) in [5.74, 6) is 0. The Morgan fingerprint density at radius 2 is 2.15 bits per heavy atom. The third kappa shape index (κ3) is 4.32. The summed E-state index contributed by atoms with van der Waals surface area (Å²) < 4.78 is 0. The van der Waals surface area contributed by atoms with E-state index in [1.54, 1.807) is 6.20 Å². The van der Waals surface area contributed by atoms with Crippen LogP contribution in [0.3, 0.4) is 0 Å². The summed E-state index contributed by atoms with van der Waals surface area (Å²) >= 11 is 6.36. The number of rotatable bonds is 5. The molecule has 20 heavy (non-hydrogen) atoms. The zero-order valence-electron chi connectivity index (χ0n) is 12.4. The van der Waals surface area contributed by atoms with Gasteiger partial charge in [-0.05, 0) is 50.3 Å². The zero-order valence-corrected chi connectivity index (χ0v) is 13.1. The fourth-order valence-corrected chi connectivity index (χ4v) is 3.06. The van der Waals surface area contributed by atoms with Gasteiger partial charge in [0, 0.05) is 12.4 Å². The minimum Gasteiger partial charge on any atom is -0.306 e. The Morgan fingerprint density at radius 3 is 2.95 bits per heavy atom. The van der Waals surface area contributed by atoms with E-state index in [-0.39, 0.29) is 6.04 Å². The number of hydrogen-bond donors (Lipinski definition) is 1. The van der Waals surface area contributed by atoms with Crippen LogP contribution < -0.4 is 5.32 Å². The van der Waals surface area contributed by atoms with Crippen LogP contribution in [0.2, 0.25) is 5.02 Å². The molecule has 0 aromatic carbocycles. The van der Waals surface area contributed by atoms with Crippen molar-refractivity contribution in [3.05, 3.63) is 40.7 Å². The van der Waals surface area contributed by atoms with Gasteiger partial charge in [0.05, 0.1) is 11.1 Å². The average molecular weight is 293 g/mol. The standard InChI is InChI=1S/C17H25ClN2/c1-2-11-20-17(15-10-12-19-13-16(15)18)14-8-6-4-3-5-7-9-14/h8,10,12-13,17,20H,2-7,9,11H2,1H3/b14-8+. The average Bonchev–Trinajstić information content (AvgIpc) is 2.42. The van der Waals surface area contributed by atoms with E-state index >= 15 is 0 Å². The molecule has 1 aromatic rings. The van der Waals surface area contributed by atoms with Gasteiger partial charge in [0.15, 0.2) is 0 Å². The van der Waals surface area contributed by atoms with Crippen LogP contribution in [-0.2, 0) is 0 Å². The highest BCUT2D eigenvalue weighted by atomic mass is 35.5.